The Morgan fingerprint density at radius 2 is 0.818 bits per heavy atom. The molecule has 0 aliphatic heterocycles. The monoisotopic (exact) mass is 260 g/mol. The smallest absolute Gasteiger partial charge is 0.0623 e. The number of benzene rings is 1. The summed E-state index contributed by atoms with van der Waals surface area (Å²) >= 11 is 0.222. The topological polar surface area (TPSA) is 0 Å². The molecule has 0 nitrogen and oxygen atoms in total. The Morgan fingerprint density at radius 3 is 0.909 bits per heavy atom. The van der Waals surface area contributed by atoms with Gasteiger partial charge in [0.25, 0.3) is 0 Å². The summed E-state index contributed by atoms with van der Waals surface area (Å²) in [5, 5.41) is 0. The van der Waals surface area contributed by atoms with Gasteiger partial charge in [0.15, 0.2) is 0 Å². The molecule has 1 aromatic rings. The summed E-state index contributed by atoms with van der Waals surface area (Å²) in [5.41, 5.74) is 0. The van der Waals surface area contributed by atoms with Crippen LogP contribution in [0.1, 0.15) is 0 Å². The van der Waals surface area contributed by atoms with E-state index in [1.807, 2.05) is 36.4 Å². The Balaban J connectivity index is 0. The Hall–Kier alpha value is 1.34. The van der Waals surface area contributed by atoms with Crippen molar-refractivity contribution in [2.75, 3.05) is 0 Å². The van der Waals surface area contributed by atoms with E-state index >= 15 is 0 Å². The van der Waals surface area contributed by atoms with Crippen LogP contribution in [0.25, 0.3) is 0 Å². The van der Waals surface area contributed by atoms with Crippen molar-refractivity contribution in [3.8, 4) is 0 Å². The molecule has 0 heterocycles. The molecule has 0 aliphatic carbocycles. The molecule has 0 spiro atoms. The molecule has 60 valence electrons. The minimum Gasteiger partial charge on any atom is -0.0623 e. The van der Waals surface area contributed by atoms with Crippen molar-refractivity contribution in [2.24, 2.45) is 0 Å². The van der Waals surface area contributed by atoms with Crippen molar-refractivity contribution < 1.29 is 17.0 Å². The van der Waals surface area contributed by atoms with Gasteiger partial charge in [-0.15, -0.1) is 0 Å². The van der Waals surface area contributed by atoms with E-state index in [1.54, 1.807) is 0 Å². The Labute approximate surface area is 96.5 Å². The van der Waals surface area contributed by atoms with E-state index in [0.29, 0.717) is 0 Å². The summed E-state index contributed by atoms with van der Waals surface area (Å²) in [6, 6.07) is 12.0. The summed E-state index contributed by atoms with van der Waals surface area (Å²) in [6.45, 7) is 0. The fourth-order valence-electron chi connectivity index (χ4n) is 0.385. The summed E-state index contributed by atoms with van der Waals surface area (Å²) in [7, 11) is 14.6. The predicted octanol–water partition coefficient (Wildman–Crippen LogP) is 2.84. The van der Waals surface area contributed by atoms with Gasteiger partial charge in [0.05, 0.1) is 0 Å². The third-order valence-electron chi connectivity index (χ3n) is 0.667. The molecule has 0 N–H and O–H groups in total. The summed E-state index contributed by atoms with van der Waals surface area (Å²) in [4.78, 5) is 0. The molecular weight excluding hydrogens is 253 g/mol. The number of hydrogen-bond donors (Lipinski definition) is 0. The first-order chi connectivity index (χ1) is 5.41. The van der Waals surface area contributed by atoms with Crippen molar-refractivity contribution in [3.05, 3.63) is 36.4 Å². The molecule has 0 amide bonds. The van der Waals surface area contributed by atoms with Gasteiger partial charge < -0.3 is 0 Å². The maximum Gasteiger partial charge on any atom is -0.0623 e. The quantitative estimate of drug-likeness (QED) is 0.630. The van der Waals surface area contributed by atoms with E-state index in [2.05, 4.69) is 0 Å². The van der Waals surface area contributed by atoms with Gasteiger partial charge in [-0.25, -0.2) is 0 Å². The molecule has 0 aromatic heterocycles. The second-order valence-electron chi connectivity index (χ2n) is 1.23. The van der Waals surface area contributed by atoms with E-state index in [9.17, 15) is 0 Å². The molecule has 0 aliphatic rings. The van der Waals surface area contributed by atoms with Crippen molar-refractivity contribution in [2.45, 2.75) is 0 Å². The fourth-order valence-corrected chi connectivity index (χ4v) is 0.385. The molecule has 0 bridgehead atoms. The normalized spacial score (nSPS) is 6.09. The molecule has 0 atom stereocenters. The van der Waals surface area contributed by atoms with Gasteiger partial charge in [0, 0.05) is 0 Å². The fraction of sp³-hybridized carbons (Fsp3) is 0. The van der Waals surface area contributed by atoms with Gasteiger partial charge in [-0.05, 0) is 0 Å². The van der Waals surface area contributed by atoms with Crippen LogP contribution >= 0.6 is 28.7 Å². The molecule has 1 aromatic carbocycles. The van der Waals surface area contributed by atoms with Gasteiger partial charge in [-0.3, -0.25) is 10.0 Å². The Bertz CT molecular complexity index is 101. The van der Waals surface area contributed by atoms with Gasteiger partial charge >= 0.3 is 51.0 Å². The zero-order valence-corrected chi connectivity index (χ0v) is 11.9. The van der Waals surface area contributed by atoms with Crippen LogP contribution in [0.15, 0.2) is 36.4 Å². The summed E-state index contributed by atoms with van der Waals surface area (Å²) in [6.07, 6.45) is 0. The number of hydrogen-bond acceptors (Lipinski definition) is 0. The third-order valence-corrected chi connectivity index (χ3v) is 0.667. The SMILES string of the molecule is [AlH2][Cl].[Cl][Ti][Cl].c1ccccc1. The maximum absolute atomic E-state index is 4.89. The summed E-state index contributed by atoms with van der Waals surface area (Å²) in [5.74, 6) is 0. The average Bonchev–Trinajstić information content (AvgIpc) is 2.12. The van der Waals surface area contributed by atoms with E-state index < -0.39 is 17.0 Å². The largest absolute Gasteiger partial charge is 0.0623 e. The Kier molecular flexibility index (Phi) is 23.5. The molecule has 0 radical (unpaired) electrons. The minimum atomic E-state index is -0.556. The molecule has 0 fully saturated rings. The van der Waals surface area contributed by atoms with Crippen LogP contribution in [-0.2, 0) is 17.0 Å². The molecule has 0 saturated heterocycles. The van der Waals surface area contributed by atoms with Crippen molar-refractivity contribution >= 4 is 44.0 Å². The van der Waals surface area contributed by atoms with Crippen LogP contribution in [0.4, 0.5) is 0 Å². The first-order valence-corrected chi connectivity index (χ1v) is 10.1. The molecular formula is C6H8AlCl3Ti. The van der Waals surface area contributed by atoms with Gasteiger partial charge in [-0.1, -0.05) is 36.4 Å². The van der Waals surface area contributed by atoms with Gasteiger partial charge in [0.2, 0.25) is 0 Å². The van der Waals surface area contributed by atoms with Crippen molar-refractivity contribution in [1.29, 1.82) is 0 Å². The van der Waals surface area contributed by atoms with Crippen LogP contribution < -0.4 is 0 Å². The zero-order valence-electron chi connectivity index (χ0n) is 6.10. The minimum absolute atomic E-state index is 0.556. The van der Waals surface area contributed by atoms with E-state index in [-0.39, 0.29) is 0 Å². The molecule has 11 heavy (non-hydrogen) atoms. The van der Waals surface area contributed by atoms with Crippen LogP contribution in [0.3, 0.4) is 0 Å². The van der Waals surface area contributed by atoms with Crippen LogP contribution in [-0.4, -0.2) is 15.4 Å². The van der Waals surface area contributed by atoms with Crippen LogP contribution in [0.5, 0.6) is 0 Å². The van der Waals surface area contributed by atoms with E-state index in [4.69, 9.17) is 28.7 Å². The average molecular weight is 261 g/mol. The van der Waals surface area contributed by atoms with Crippen molar-refractivity contribution in [3.63, 3.8) is 0 Å². The number of halogens is 3. The molecule has 5 heteroatoms. The molecule has 0 saturated carbocycles. The standard InChI is InChI=1S/C6H6.Al.3ClH.Ti.2H/c1-2-4-6-5-3-1;;;;;;;/h1-6H;;3*1H;;;/q;+1;;;;+2;;/p-3. The third kappa shape index (κ3) is 18.4. The van der Waals surface area contributed by atoms with Crippen LogP contribution in [0.2, 0.25) is 0 Å². The second-order valence-corrected chi connectivity index (χ2v) is 3.81. The van der Waals surface area contributed by atoms with E-state index in [1.165, 1.54) is 0 Å². The van der Waals surface area contributed by atoms with Crippen LogP contribution in [0, 0.1) is 0 Å². The van der Waals surface area contributed by atoms with Gasteiger partial charge in [0.1, 0.15) is 0 Å². The Morgan fingerprint density at radius 1 is 0.727 bits per heavy atom. The van der Waals surface area contributed by atoms with Crippen molar-refractivity contribution in [1.82, 2.24) is 0 Å². The predicted molar refractivity (Wildman–Crippen MR) is 52.5 cm³/mol. The first kappa shape index (κ1) is 14.8. The molecule has 0 unspecified atom stereocenters. The number of rotatable bonds is 0. The maximum atomic E-state index is 4.89. The molecule has 1 rings (SSSR count). The van der Waals surface area contributed by atoms with E-state index in [0.717, 1.165) is 15.4 Å². The summed E-state index contributed by atoms with van der Waals surface area (Å²) < 4.78 is 0. The second kappa shape index (κ2) is 17.4. The van der Waals surface area contributed by atoms with Gasteiger partial charge in [-0.2, -0.15) is 0 Å². The zero-order chi connectivity index (χ0) is 8.95. The first-order valence-electron chi connectivity index (χ1n) is 2.76.